The third-order valence-electron chi connectivity index (χ3n) is 7.17. The van der Waals surface area contributed by atoms with Crippen LogP contribution in [0.15, 0.2) is 95.8 Å². The van der Waals surface area contributed by atoms with E-state index in [0.717, 1.165) is 16.9 Å². The standard InChI is InChI=1S/C31H27ClN2O4/c1-19-4-12-23(13-5-19)33-18-25(30(36)21-6-10-22(32)11-7-21)28(20-8-14-24(15-9-20)34(37)38)29-26(33)16-31(2,3)17-27(29)35/h4-15,18,28H,16-17H2,1-3H3. The van der Waals surface area contributed by atoms with Crippen molar-refractivity contribution in [2.24, 2.45) is 5.41 Å². The Morgan fingerprint density at radius 2 is 1.61 bits per heavy atom. The van der Waals surface area contributed by atoms with Crippen molar-refractivity contribution in [2.75, 3.05) is 4.90 Å². The quantitative estimate of drug-likeness (QED) is 0.194. The van der Waals surface area contributed by atoms with Gasteiger partial charge in [-0.1, -0.05) is 55.3 Å². The summed E-state index contributed by atoms with van der Waals surface area (Å²) in [5.74, 6) is -0.906. The van der Waals surface area contributed by atoms with Crippen LogP contribution >= 0.6 is 11.6 Å². The van der Waals surface area contributed by atoms with Gasteiger partial charge in [-0.05, 0) is 60.7 Å². The Bertz CT molecular complexity index is 1500. The summed E-state index contributed by atoms with van der Waals surface area (Å²) >= 11 is 6.08. The Kier molecular flexibility index (Phi) is 6.53. The number of anilines is 1. The zero-order valence-corrected chi connectivity index (χ0v) is 22.2. The fourth-order valence-electron chi connectivity index (χ4n) is 5.32. The summed E-state index contributed by atoms with van der Waals surface area (Å²) < 4.78 is 0. The Balaban J connectivity index is 1.74. The molecule has 1 aliphatic heterocycles. The molecule has 1 atom stereocenters. The van der Waals surface area contributed by atoms with Crippen LogP contribution in [0.3, 0.4) is 0 Å². The maximum atomic E-state index is 14.0. The normalized spacial score (nSPS) is 18.6. The number of halogens is 1. The first-order valence-electron chi connectivity index (χ1n) is 12.4. The topological polar surface area (TPSA) is 80.5 Å². The number of allylic oxidation sites excluding steroid dienone is 3. The summed E-state index contributed by atoms with van der Waals surface area (Å²) in [7, 11) is 0. The van der Waals surface area contributed by atoms with Crippen molar-refractivity contribution in [1.29, 1.82) is 0 Å². The number of nitro benzene ring substituents is 1. The molecule has 1 heterocycles. The monoisotopic (exact) mass is 526 g/mol. The summed E-state index contributed by atoms with van der Waals surface area (Å²) in [5, 5.41) is 11.8. The van der Waals surface area contributed by atoms with Crippen LogP contribution in [0.1, 0.15) is 54.1 Å². The molecule has 5 rings (SSSR count). The SMILES string of the molecule is Cc1ccc(N2C=C(C(=O)c3ccc(Cl)cc3)C(c3ccc([N+](=O)[O-])cc3)C3=C2CC(C)(C)CC3=O)cc1. The number of aryl methyl sites for hydroxylation is 1. The zero-order valence-electron chi connectivity index (χ0n) is 21.4. The molecule has 3 aromatic carbocycles. The van der Waals surface area contributed by atoms with Gasteiger partial charge in [0.1, 0.15) is 0 Å². The number of nitro groups is 1. The summed E-state index contributed by atoms with van der Waals surface area (Å²) in [5.41, 5.74) is 4.60. The van der Waals surface area contributed by atoms with Crippen molar-refractivity contribution in [1.82, 2.24) is 0 Å². The van der Waals surface area contributed by atoms with Crippen LogP contribution in [-0.2, 0) is 4.79 Å². The molecule has 2 aliphatic rings. The average molecular weight is 527 g/mol. The number of carbonyl (C=O) groups excluding carboxylic acids is 2. The highest BCUT2D eigenvalue weighted by Gasteiger charge is 2.44. The molecule has 0 spiro atoms. The van der Waals surface area contributed by atoms with Gasteiger partial charge in [0.05, 0.1) is 4.92 Å². The molecule has 0 N–H and O–H groups in total. The van der Waals surface area contributed by atoms with Crippen LogP contribution in [0.5, 0.6) is 0 Å². The second kappa shape index (κ2) is 9.69. The number of hydrogen-bond donors (Lipinski definition) is 0. The first-order chi connectivity index (χ1) is 18.0. The van der Waals surface area contributed by atoms with Crippen molar-refractivity contribution in [2.45, 2.75) is 39.5 Å². The van der Waals surface area contributed by atoms with E-state index in [2.05, 4.69) is 13.8 Å². The minimum Gasteiger partial charge on any atom is -0.320 e. The second-order valence-electron chi connectivity index (χ2n) is 10.7. The lowest BCUT2D eigenvalue weighted by molar-refractivity contribution is -0.384. The lowest BCUT2D eigenvalue weighted by Gasteiger charge is -2.43. The molecule has 192 valence electrons. The summed E-state index contributed by atoms with van der Waals surface area (Å²) in [6.07, 6.45) is 2.82. The molecule has 7 heteroatoms. The summed E-state index contributed by atoms with van der Waals surface area (Å²) in [6, 6.07) is 20.8. The molecule has 38 heavy (non-hydrogen) atoms. The van der Waals surface area contributed by atoms with Crippen molar-refractivity contribution < 1.29 is 14.5 Å². The van der Waals surface area contributed by atoms with Crippen molar-refractivity contribution in [3.63, 3.8) is 0 Å². The molecule has 0 saturated carbocycles. The van der Waals surface area contributed by atoms with Gasteiger partial charge in [-0.25, -0.2) is 0 Å². The Morgan fingerprint density at radius 1 is 0.974 bits per heavy atom. The van der Waals surface area contributed by atoms with Crippen LogP contribution in [0.2, 0.25) is 5.02 Å². The van der Waals surface area contributed by atoms with E-state index in [9.17, 15) is 19.7 Å². The first-order valence-corrected chi connectivity index (χ1v) is 12.8. The minimum absolute atomic E-state index is 0.0220. The van der Waals surface area contributed by atoms with Crippen LogP contribution in [-0.4, -0.2) is 16.5 Å². The highest BCUT2D eigenvalue weighted by molar-refractivity contribution is 6.30. The van der Waals surface area contributed by atoms with E-state index >= 15 is 0 Å². The van der Waals surface area contributed by atoms with Crippen molar-refractivity contribution in [3.8, 4) is 0 Å². The molecule has 0 amide bonds. The van der Waals surface area contributed by atoms with Gasteiger partial charge in [-0.3, -0.25) is 19.7 Å². The molecule has 0 fully saturated rings. The maximum Gasteiger partial charge on any atom is 0.269 e. The number of benzene rings is 3. The van der Waals surface area contributed by atoms with Crippen LogP contribution in [0.4, 0.5) is 11.4 Å². The molecule has 0 saturated heterocycles. The van der Waals surface area contributed by atoms with E-state index < -0.39 is 10.8 Å². The molecule has 0 aromatic heterocycles. The minimum atomic E-state index is -0.653. The number of rotatable bonds is 5. The smallest absolute Gasteiger partial charge is 0.269 e. The van der Waals surface area contributed by atoms with Gasteiger partial charge in [0.2, 0.25) is 0 Å². The zero-order chi connectivity index (χ0) is 27.2. The Morgan fingerprint density at radius 3 is 2.21 bits per heavy atom. The van der Waals surface area contributed by atoms with E-state index in [0.29, 0.717) is 40.1 Å². The van der Waals surface area contributed by atoms with E-state index in [4.69, 9.17) is 11.6 Å². The molecule has 1 aliphatic carbocycles. The van der Waals surface area contributed by atoms with Crippen molar-refractivity contribution in [3.05, 3.63) is 128 Å². The van der Waals surface area contributed by atoms with Crippen LogP contribution in [0, 0.1) is 22.5 Å². The van der Waals surface area contributed by atoms with Gasteiger partial charge in [0, 0.05) is 63.8 Å². The fourth-order valence-corrected chi connectivity index (χ4v) is 5.45. The molecule has 0 bridgehead atoms. The number of ketones is 2. The van der Waals surface area contributed by atoms with E-state index in [1.807, 2.05) is 42.3 Å². The van der Waals surface area contributed by atoms with Gasteiger partial charge >= 0.3 is 0 Å². The second-order valence-corrected chi connectivity index (χ2v) is 11.1. The van der Waals surface area contributed by atoms with E-state index in [-0.39, 0.29) is 22.7 Å². The van der Waals surface area contributed by atoms with Crippen LogP contribution in [0.25, 0.3) is 0 Å². The molecule has 0 radical (unpaired) electrons. The van der Waals surface area contributed by atoms with Gasteiger partial charge in [-0.2, -0.15) is 0 Å². The van der Waals surface area contributed by atoms with Crippen molar-refractivity contribution >= 4 is 34.5 Å². The molecular formula is C31H27ClN2O4. The van der Waals surface area contributed by atoms with E-state index in [1.165, 1.54) is 12.1 Å². The molecule has 1 unspecified atom stereocenters. The number of hydrogen-bond acceptors (Lipinski definition) is 5. The maximum absolute atomic E-state index is 14.0. The Labute approximate surface area is 226 Å². The van der Waals surface area contributed by atoms with Gasteiger partial charge < -0.3 is 4.90 Å². The first kappa shape index (κ1) is 25.6. The predicted molar refractivity (Wildman–Crippen MR) is 148 cm³/mol. The van der Waals surface area contributed by atoms with Gasteiger partial charge in [0.15, 0.2) is 11.6 Å². The Hall–Kier alpha value is -4.03. The molecular weight excluding hydrogens is 500 g/mol. The fraction of sp³-hybridized carbons (Fsp3) is 0.226. The summed E-state index contributed by atoms with van der Waals surface area (Å²) in [6.45, 7) is 6.15. The lowest BCUT2D eigenvalue weighted by Crippen LogP contribution is -2.38. The molecule has 6 nitrogen and oxygen atoms in total. The van der Waals surface area contributed by atoms with Gasteiger partial charge in [0.25, 0.3) is 5.69 Å². The highest BCUT2D eigenvalue weighted by Crippen LogP contribution is 2.49. The van der Waals surface area contributed by atoms with Crippen LogP contribution < -0.4 is 4.90 Å². The highest BCUT2D eigenvalue weighted by atomic mass is 35.5. The van der Waals surface area contributed by atoms with Gasteiger partial charge in [-0.15, -0.1) is 0 Å². The summed E-state index contributed by atoms with van der Waals surface area (Å²) in [4.78, 5) is 40.7. The number of carbonyl (C=O) groups is 2. The number of non-ortho nitro benzene ring substituents is 1. The number of Topliss-reactive ketones (excluding diaryl/α,β-unsaturated/α-hetero) is 2. The average Bonchev–Trinajstić information content (AvgIpc) is 2.88. The lowest BCUT2D eigenvalue weighted by atomic mass is 9.68. The van der Waals surface area contributed by atoms with E-state index in [1.54, 1.807) is 36.4 Å². The third kappa shape index (κ3) is 4.79. The third-order valence-corrected chi connectivity index (χ3v) is 7.43. The number of nitrogens with zero attached hydrogens (tertiary/aromatic N) is 2. The predicted octanol–water partition coefficient (Wildman–Crippen LogP) is 7.57. The largest absolute Gasteiger partial charge is 0.320 e. The molecule has 3 aromatic rings.